The average molecular weight is 448 g/mol. The fourth-order valence-electron chi connectivity index (χ4n) is 3.64. The van der Waals surface area contributed by atoms with Gasteiger partial charge in [-0.3, -0.25) is 14.5 Å². The number of rotatable bonds is 9. The fraction of sp³-hybridized carbons (Fsp3) is 0.259. The normalized spacial score (nSPS) is 10.8. The molecule has 0 aliphatic heterocycles. The number of aryl methyl sites for hydroxylation is 1. The predicted molar refractivity (Wildman–Crippen MR) is 130 cm³/mol. The summed E-state index contributed by atoms with van der Waals surface area (Å²) < 4.78 is 13.1. The molecule has 6 heteroatoms. The van der Waals surface area contributed by atoms with Crippen molar-refractivity contribution < 1.29 is 14.0 Å². The van der Waals surface area contributed by atoms with Crippen LogP contribution in [0.1, 0.15) is 51.3 Å². The minimum absolute atomic E-state index is 0.214. The number of carbonyl (C=O) groups excluding carboxylic acids is 2. The van der Waals surface area contributed by atoms with Crippen LogP contribution in [0.25, 0.3) is 0 Å². The summed E-state index contributed by atoms with van der Waals surface area (Å²) >= 11 is 0. The van der Waals surface area contributed by atoms with Gasteiger partial charge < -0.3 is 10.6 Å². The van der Waals surface area contributed by atoms with Gasteiger partial charge in [-0.15, -0.1) is 0 Å². The third-order valence-corrected chi connectivity index (χ3v) is 5.55. The molecule has 0 aromatic heterocycles. The van der Waals surface area contributed by atoms with Crippen LogP contribution in [0.5, 0.6) is 0 Å². The second kappa shape index (κ2) is 11.4. The fourth-order valence-corrected chi connectivity index (χ4v) is 3.64. The van der Waals surface area contributed by atoms with Crippen molar-refractivity contribution in [2.45, 2.75) is 33.9 Å². The molecule has 5 nitrogen and oxygen atoms in total. The molecule has 0 spiro atoms. The zero-order valence-electron chi connectivity index (χ0n) is 19.3. The standard InChI is InChI=1S/C27H30FN3O2/c1-4-31(5-2)18-22-9-7-6-8-21(22)17-29-26(32)23-14-19(3)15-25(16-23)30-27(33)20-10-12-24(28)13-11-20/h6-16H,4-5,17-18H2,1-3H3,(H,29,32)(H,30,33). The number of carbonyl (C=O) groups is 2. The summed E-state index contributed by atoms with van der Waals surface area (Å²) in [5.41, 5.74) is 4.43. The molecular weight excluding hydrogens is 417 g/mol. The van der Waals surface area contributed by atoms with Gasteiger partial charge in [-0.1, -0.05) is 38.1 Å². The highest BCUT2D eigenvalue weighted by Gasteiger charge is 2.12. The van der Waals surface area contributed by atoms with E-state index < -0.39 is 5.82 Å². The summed E-state index contributed by atoms with van der Waals surface area (Å²) in [6.45, 7) is 9.32. The lowest BCUT2D eigenvalue weighted by Crippen LogP contribution is -2.26. The maximum Gasteiger partial charge on any atom is 0.255 e. The first kappa shape index (κ1) is 24.1. The van der Waals surface area contributed by atoms with Crippen LogP contribution in [0.4, 0.5) is 10.1 Å². The Bertz CT molecular complexity index is 1110. The Hall–Kier alpha value is -3.51. The van der Waals surface area contributed by atoms with Crippen molar-refractivity contribution in [3.8, 4) is 0 Å². The maximum absolute atomic E-state index is 13.1. The summed E-state index contributed by atoms with van der Waals surface area (Å²) in [6.07, 6.45) is 0. The molecule has 0 fully saturated rings. The number of hydrogen-bond acceptors (Lipinski definition) is 3. The van der Waals surface area contributed by atoms with Crippen molar-refractivity contribution in [3.63, 3.8) is 0 Å². The Labute approximate surface area is 194 Å². The van der Waals surface area contributed by atoms with Crippen LogP contribution < -0.4 is 10.6 Å². The Morgan fingerprint density at radius 1 is 0.848 bits per heavy atom. The van der Waals surface area contributed by atoms with E-state index in [1.807, 2.05) is 25.1 Å². The van der Waals surface area contributed by atoms with Crippen LogP contribution in [0, 0.1) is 12.7 Å². The van der Waals surface area contributed by atoms with Gasteiger partial charge in [0, 0.05) is 29.9 Å². The smallest absolute Gasteiger partial charge is 0.255 e. The molecule has 0 saturated heterocycles. The van der Waals surface area contributed by atoms with Crippen LogP contribution in [0.15, 0.2) is 66.7 Å². The highest BCUT2D eigenvalue weighted by Crippen LogP contribution is 2.17. The van der Waals surface area contributed by atoms with Crippen LogP contribution in [0.2, 0.25) is 0 Å². The van der Waals surface area contributed by atoms with Crippen LogP contribution in [-0.2, 0) is 13.1 Å². The number of nitrogens with one attached hydrogen (secondary N) is 2. The van der Waals surface area contributed by atoms with Gasteiger partial charge in [0.2, 0.25) is 0 Å². The molecule has 0 bridgehead atoms. The molecule has 0 heterocycles. The number of benzene rings is 3. The monoisotopic (exact) mass is 447 g/mol. The number of nitrogens with zero attached hydrogens (tertiary/aromatic N) is 1. The van der Waals surface area contributed by atoms with Gasteiger partial charge in [0.1, 0.15) is 5.82 Å². The van der Waals surface area contributed by atoms with Crippen LogP contribution >= 0.6 is 0 Å². The van der Waals surface area contributed by atoms with Crippen molar-refractivity contribution in [2.24, 2.45) is 0 Å². The van der Waals surface area contributed by atoms with Crippen molar-refractivity contribution in [1.29, 1.82) is 0 Å². The van der Waals surface area contributed by atoms with Gasteiger partial charge in [0.25, 0.3) is 11.8 Å². The zero-order chi connectivity index (χ0) is 23.8. The third-order valence-electron chi connectivity index (χ3n) is 5.55. The quantitative estimate of drug-likeness (QED) is 0.476. The molecular formula is C27H30FN3O2. The molecule has 2 N–H and O–H groups in total. The molecule has 2 amide bonds. The molecule has 172 valence electrons. The molecule has 3 aromatic carbocycles. The average Bonchev–Trinajstić information content (AvgIpc) is 2.81. The van der Waals surface area contributed by atoms with E-state index in [4.69, 9.17) is 0 Å². The molecule has 33 heavy (non-hydrogen) atoms. The Kier molecular flexibility index (Phi) is 8.33. The third kappa shape index (κ3) is 6.73. The topological polar surface area (TPSA) is 61.4 Å². The first-order valence-corrected chi connectivity index (χ1v) is 11.2. The van der Waals surface area contributed by atoms with E-state index >= 15 is 0 Å². The van der Waals surface area contributed by atoms with Gasteiger partial charge in [-0.25, -0.2) is 4.39 Å². The summed E-state index contributed by atoms with van der Waals surface area (Å²) in [6, 6.07) is 18.6. The molecule has 3 rings (SSSR count). The molecule has 0 atom stereocenters. The molecule has 0 saturated carbocycles. The Morgan fingerprint density at radius 2 is 1.52 bits per heavy atom. The van der Waals surface area contributed by atoms with Gasteiger partial charge in [0.15, 0.2) is 0 Å². The number of anilines is 1. The molecule has 0 radical (unpaired) electrons. The van der Waals surface area contributed by atoms with Gasteiger partial charge >= 0.3 is 0 Å². The number of hydrogen-bond donors (Lipinski definition) is 2. The zero-order valence-corrected chi connectivity index (χ0v) is 19.3. The molecule has 0 aliphatic carbocycles. The van der Waals surface area contributed by atoms with E-state index in [1.165, 1.54) is 29.8 Å². The molecule has 3 aromatic rings. The van der Waals surface area contributed by atoms with Gasteiger partial charge in [0.05, 0.1) is 0 Å². The minimum Gasteiger partial charge on any atom is -0.348 e. The van der Waals surface area contributed by atoms with Crippen LogP contribution in [0.3, 0.4) is 0 Å². The largest absolute Gasteiger partial charge is 0.348 e. The lowest BCUT2D eigenvalue weighted by atomic mass is 10.1. The summed E-state index contributed by atoms with van der Waals surface area (Å²) in [5, 5.41) is 5.78. The SMILES string of the molecule is CCN(CC)Cc1ccccc1CNC(=O)c1cc(C)cc(NC(=O)c2ccc(F)cc2)c1. The van der Waals surface area contributed by atoms with Gasteiger partial charge in [-0.2, -0.15) is 0 Å². The Morgan fingerprint density at radius 3 is 2.18 bits per heavy atom. The predicted octanol–water partition coefficient (Wildman–Crippen LogP) is 5.16. The van der Waals surface area contributed by atoms with E-state index in [1.54, 1.807) is 18.2 Å². The second-order valence-corrected chi connectivity index (χ2v) is 7.96. The minimum atomic E-state index is -0.403. The lowest BCUT2D eigenvalue weighted by molar-refractivity contribution is 0.0949. The summed E-state index contributed by atoms with van der Waals surface area (Å²) in [5.74, 6) is -0.981. The van der Waals surface area contributed by atoms with E-state index in [9.17, 15) is 14.0 Å². The van der Waals surface area contributed by atoms with E-state index in [-0.39, 0.29) is 11.8 Å². The highest BCUT2D eigenvalue weighted by atomic mass is 19.1. The Balaban J connectivity index is 1.69. The lowest BCUT2D eigenvalue weighted by Gasteiger charge is -2.20. The van der Waals surface area contributed by atoms with E-state index in [2.05, 4.69) is 35.4 Å². The maximum atomic E-state index is 13.1. The van der Waals surface area contributed by atoms with Crippen molar-refractivity contribution in [1.82, 2.24) is 10.2 Å². The van der Waals surface area contributed by atoms with Crippen molar-refractivity contribution >= 4 is 17.5 Å². The second-order valence-electron chi connectivity index (χ2n) is 7.96. The van der Waals surface area contributed by atoms with E-state index in [0.29, 0.717) is 23.4 Å². The van der Waals surface area contributed by atoms with Crippen molar-refractivity contribution in [3.05, 3.63) is 100 Å². The molecule has 0 aliphatic rings. The van der Waals surface area contributed by atoms with Gasteiger partial charge in [-0.05, 0) is 79.2 Å². The first-order valence-electron chi connectivity index (χ1n) is 11.2. The van der Waals surface area contributed by atoms with Crippen molar-refractivity contribution in [2.75, 3.05) is 18.4 Å². The van der Waals surface area contributed by atoms with Crippen LogP contribution in [-0.4, -0.2) is 29.8 Å². The highest BCUT2D eigenvalue weighted by molar-refractivity contribution is 6.05. The molecule has 0 unspecified atom stereocenters. The first-order chi connectivity index (χ1) is 15.9. The number of halogens is 1. The summed E-state index contributed by atoms with van der Waals surface area (Å²) in [7, 11) is 0. The van der Waals surface area contributed by atoms with E-state index in [0.717, 1.165) is 30.8 Å². The summed E-state index contributed by atoms with van der Waals surface area (Å²) in [4.78, 5) is 27.7. The number of amides is 2.